The van der Waals surface area contributed by atoms with Gasteiger partial charge in [0.05, 0.1) is 24.1 Å². The number of hydrogen-bond acceptors (Lipinski definition) is 5. The van der Waals surface area contributed by atoms with Crippen molar-refractivity contribution >= 4 is 11.6 Å². The number of rotatable bonds is 6. The molecule has 0 aliphatic carbocycles. The molecule has 1 atom stereocenters. The number of nitrogens with two attached hydrogens (primary N) is 1. The summed E-state index contributed by atoms with van der Waals surface area (Å²) in [4.78, 5) is 21.0. The third kappa shape index (κ3) is 3.42. The monoisotopic (exact) mass is 254 g/mol. The van der Waals surface area contributed by atoms with E-state index in [-0.39, 0.29) is 24.7 Å². The van der Waals surface area contributed by atoms with Crippen LogP contribution in [-0.4, -0.2) is 22.5 Å². The first-order valence-electron chi connectivity index (χ1n) is 5.26. The van der Waals surface area contributed by atoms with E-state index in [4.69, 9.17) is 15.6 Å². The molecule has 3 N–H and O–H groups in total. The lowest BCUT2D eigenvalue weighted by Crippen LogP contribution is -2.25. The lowest BCUT2D eigenvalue weighted by Gasteiger charge is -2.10. The zero-order valence-electron chi connectivity index (χ0n) is 9.83. The lowest BCUT2D eigenvalue weighted by molar-refractivity contribution is -0.385. The van der Waals surface area contributed by atoms with Crippen LogP contribution in [0.15, 0.2) is 18.2 Å². The number of primary amides is 1. The van der Waals surface area contributed by atoms with Crippen LogP contribution in [0.25, 0.3) is 0 Å². The number of aliphatic hydroxyl groups excluding tert-OH is 1. The second kappa shape index (κ2) is 5.97. The highest BCUT2D eigenvalue weighted by Crippen LogP contribution is 2.28. The summed E-state index contributed by atoms with van der Waals surface area (Å²) >= 11 is 0. The van der Waals surface area contributed by atoms with Gasteiger partial charge in [0.25, 0.3) is 0 Å². The molecule has 0 saturated heterocycles. The van der Waals surface area contributed by atoms with Crippen LogP contribution in [0, 0.1) is 16.0 Å². The predicted molar refractivity (Wildman–Crippen MR) is 62.9 cm³/mol. The van der Waals surface area contributed by atoms with Gasteiger partial charge in [0, 0.05) is 6.07 Å². The molecule has 1 aromatic rings. The van der Waals surface area contributed by atoms with Gasteiger partial charge in [-0.25, -0.2) is 0 Å². The number of nitrogens with zero attached hydrogens (tertiary/aromatic N) is 1. The molecule has 1 rings (SSSR count). The van der Waals surface area contributed by atoms with E-state index < -0.39 is 16.7 Å². The van der Waals surface area contributed by atoms with E-state index in [1.807, 2.05) is 0 Å². The molecule has 18 heavy (non-hydrogen) atoms. The van der Waals surface area contributed by atoms with Crippen LogP contribution in [0.4, 0.5) is 5.69 Å². The fourth-order valence-electron chi connectivity index (χ4n) is 1.22. The number of carbonyl (C=O) groups excluding carboxylic acids is 1. The second-order valence-electron chi connectivity index (χ2n) is 3.83. The minimum absolute atomic E-state index is 0.0136. The summed E-state index contributed by atoms with van der Waals surface area (Å²) in [6.07, 6.45) is 0. The van der Waals surface area contributed by atoms with Gasteiger partial charge >= 0.3 is 5.69 Å². The maximum Gasteiger partial charge on any atom is 0.310 e. The van der Waals surface area contributed by atoms with E-state index in [1.54, 1.807) is 6.92 Å². The van der Waals surface area contributed by atoms with Crippen molar-refractivity contribution in [1.82, 2.24) is 0 Å². The first-order chi connectivity index (χ1) is 8.45. The normalized spacial score (nSPS) is 11.9. The number of amides is 1. The van der Waals surface area contributed by atoms with Gasteiger partial charge in [0.2, 0.25) is 5.91 Å². The van der Waals surface area contributed by atoms with Gasteiger partial charge in [-0.05, 0) is 17.7 Å². The van der Waals surface area contributed by atoms with Gasteiger partial charge < -0.3 is 15.6 Å². The average molecular weight is 254 g/mol. The SMILES string of the molecule is CC(COc1cc(CO)ccc1[N+](=O)[O-])C(N)=O. The Bertz CT molecular complexity index is 461. The Morgan fingerprint density at radius 2 is 2.28 bits per heavy atom. The third-order valence-electron chi connectivity index (χ3n) is 2.38. The van der Waals surface area contributed by atoms with Crippen LogP contribution in [0.2, 0.25) is 0 Å². The molecule has 0 radical (unpaired) electrons. The molecule has 0 fully saturated rings. The molecule has 0 heterocycles. The van der Waals surface area contributed by atoms with Crippen molar-refractivity contribution in [2.75, 3.05) is 6.61 Å². The summed E-state index contributed by atoms with van der Waals surface area (Å²) in [5.74, 6) is -1.09. The van der Waals surface area contributed by atoms with Crippen molar-refractivity contribution in [2.24, 2.45) is 11.7 Å². The maximum atomic E-state index is 10.8. The Morgan fingerprint density at radius 3 is 2.78 bits per heavy atom. The predicted octanol–water partition coefficient (Wildman–Crippen LogP) is 0.587. The molecule has 1 unspecified atom stereocenters. The van der Waals surface area contributed by atoms with Gasteiger partial charge in [-0.2, -0.15) is 0 Å². The number of ether oxygens (including phenoxy) is 1. The maximum absolute atomic E-state index is 10.8. The van der Waals surface area contributed by atoms with Gasteiger partial charge in [-0.1, -0.05) is 6.92 Å². The summed E-state index contributed by atoms with van der Waals surface area (Å²) in [5.41, 5.74) is 5.33. The van der Waals surface area contributed by atoms with Crippen molar-refractivity contribution in [3.8, 4) is 5.75 Å². The molecule has 0 bridgehead atoms. The van der Waals surface area contributed by atoms with Crippen LogP contribution < -0.4 is 10.5 Å². The third-order valence-corrected chi connectivity index (χ3v) is 2.38. The molecule has 7 nitrogen and oxygen atoms in total. The molecule has 0 aliphatic heterocycles. The number of aliphatic hydroxyl groups is 1. The van der Waals surface area contributed by atoms with Crippen LogP contribution in [0.1, 0.15) is 12.5 Å². The van der Waals surface area contributed by atoms with Crippen LogP contribution in [0.5, 0.6) is 5.75 Å². The van der Waals surface area contributed by atoms with Crippen LogP contribution >= 0.6 is 0 Å². The second-order valence-corrected chi connectivity index (χ2v) is 3.83. The molecule has 1 amide bonds. The van der Waals surface area contributed by atoms with Gasteiger partial charge in [-0.15, -0.1) is 0 Å². The highest BCUT2D eigenvalue weighted by molar-refractivity contribution is 5.76. The smallest absolute Gasteiger partial charge is 0.310 e. The summed E-state index contributed by atoms with van der Waals surface area (Å²) in [6, 6.07) is 4.05. The standard InChI is InChI=1S/C11H14N2O5/c1-7(11(12)15)6-18-10-4-8(5-14)2-3-9(10)13(16)17/h2-4,7,14H,5-6H2,1H3,(H2,12,15). The number of nitro benzene ring substituents is 1. The Morgan fingerprint density at radius 1 is 1.61 bits per heavy atom. The molecule has 0 saturated carbocycles. The molecule has 7 heteroatoms. The van der Waals surface area contributed by atoms with E-state index >= 15 is 0 Å². The fourth-order valence-corrected chi connectivity index (χ4v) is 1.22. The van der Waals surface area contributed by atoms with E-state index in [2.05, 4.69) is 0 Å². The topological polar surface area (TPSA) is 116 Å². The van der Waals surface area contributed by atoms with E-state index in [9.17, 15) is 14.9 Å². The van der Waals surface area contributed by atoms with Crippen LogP contribution in [-0.2, 0) is 11.4 Å². The molecular weight excluding hydrogens is 240 g/mol. The highest BCUT2D eigenvalue weighted by atomic mass is 16.6. The largest absolute Gasteiger partial charge is 0.486 e. The minimum Gasteiger partial charge on any atom is -0.486 e. The Balaban J connectivity index is 2.90. The Hall–Kier alpha value is -2.15. The molecule has 1 aromatic carbocycles. The van der Waals surface area contributed by atoms with Crippen molar-refractivity contribution in [3.05, 3.63) is 33.9 Å². The summed E-state index contributed by atoms with van der Waals surface area (Å²) in [7, 11) is 0. The minimum atomic E-state index is -0.592. The molecule has 98 valence electrons. The summed E-state index contributed by atoms with van der Waals surface area (Å²) < 4.78 is 5.21. The zero-order chi connectivity index (χ0) is 13.7. The van der Waals surface area contributed by atoms with Crippen molar-refractivity contribution in [3.63, 3.8) is 0 Å². The summed E-state index contributed by atoms with van der Waals surface area (Å²) in [5, 5.41) is 19.7. The zero-order valence-corrected chi connectivity index (χ0v) is 9.83. The molecular formula is C11H14N2O5. The lowest BCUT2D eigenvalue weighted by atomic mass is 10.2. The van der Waals surface area contributed by atoms with E-state index in [0.29, 0.717) is 5.56 Å². The van der Waals surface area contributed by atoms with Gasteiger partial charge in [-0.3, -0.25) is 14.9 Å². The average Bonchev–Trinajstić information content (AvgIpc) is 2.34. The van der Waals surface area contributed by atoms with Crippen molar-refractivity contribution in [2.45, 2.75) is 13.5 Å². The number of benzene rings is 1. The number of carbonyl (C=O) groups is 1. The number of hydrogen-bond donors (Lipinski definition) is 2. The number of nitro groups is 1. The molecule has 0 aromatic heterocycles. The van der Waals surface area contributed by atoms with Gasteiger partial charge in [0.1, 0.15) is 0 Å². The van der Waals surface area contributed by atoms with Crippen molar-refractivity contribution < 1.29 is 19.6 Å². The quantitative estimate of drug-likeness (QED) is 0.569. The van der Waals surface area contributed by atoms with Crippen LogP contribution in [0.3, 0.4) is 0 Å². The first kappa shape index (κ1) is 13.9. The summed E-state index contributed by atoms with van der Waals surface area (Å²) in [6.45, 7) is 1.26. The Labute approximate surface area is 103 Å². The van der Waals surface area contributed by atoms with Crippen molar-refractivity contribution in [1.29, 1.82) is 0 Å². The molecule has 0 aliphatic rings. The fraction of sp³-hybridized carbons (Fsp3) is 0.364. The highest BCUT2D eigenvalue weighted by Gasteiger charge is 2.17. The Kier molecular flexibility index (Phi) is 4.61. The first-order valence-corrected chi connectivity index (χ1v) is 5.26. The molecule has 0 spiro atoms. The van der Waals surface area contributed by atoms with E-state index in [0.717, 1.165) is 0 Å². The van der Waals surface area contributed by atoms with E-state index in [1.165, 1.54) is 18.2 Å². The van der Waals surface area contributed by atoms with Gasteiger partial charge in [0.15, 0.2) is 5.75 Å².